The molecule has 0 saturated heterocycles. The number of carbonyl (C=O) groups is 2. The predicted octanol–water partition coefficient (Wildman–Crippen LogP) is 1.16. The Balaban J connectivity index is 1.99. The molecule has 2 aromatic rings. The summed E-state index contributed by atoms with van der Waals surface area (Å²) in [5, 5.41) is 15.2. The summed E-state index contributed by atoms with van der Waals surface area (Å²) < 4.78 is 1.60. The van der Waals surface area contributed by atoms with Gasteiger partial charge in [-0.05, 0) is 24.6 Å². The summed E-state index contributed by atoms with van der Waals surface area (Å²) in [6, 6.07) is 7.54. The van der Waals surface area contributed by atoms with E-state index in [1.165, 1.54) is 18.0 Å². The van der Waals surface area contributed by atoms with Crippen LogP contribution in [0.2, 0.25) is 0 Å². The Hall–Kier alpha value is -2.32. The van der Waals surface area contributed by atoms with Crippen molar-refractivity contribution >= 4 is 29.3 Å². The lowest BCUT2D eigenvalue weighted by Gasteiger charge is -2.10. The van der Waals surface area contributed by atoms with Crippen molar-refractivity contribution in [1.29, 1.82) is 0 Å². The van der Waals surface area contributed by atoms with Crippen LogP contribution in [-0.4, -0.2) is 39.3 Å². The Morgan fingerprint density at radius 2 is 2.12 bits per heavy atom. The van der Waals surface area contributed by atoms with Gasteiger partial charge in [-0.3, -0.25) is 9.59 Å². The van der Waals surface area contributed by atoms with Crippen molar-refractivity contribution in [2.75, 3.05) is 18.1 Å². The molecule has 1 heterocycles. The normalized spacial score (nSPS) is 10.5. The number of nitrogens with one attached hydrogen (secondary N) is 2. The maximum atomic E-state index is 12.1. The van der Waals surface area contributed by atoms with Crippen LogP contribution < -0.4 is 10.6 Å². The molecule has 0 aliphatic heterocycles. The highest BCUT2D eigenvalue weighted by molar-refractivity contribution is 7.99. The van der Waals surface area contributed by atoms with Crippen LogP contribution in [0.15, 0.2) is 35.6 Å². The molecule has 0 fully saturated rings. The standard InChI is InChI=1S/C16H20N4O3S/c1-11-4-3-5-12(6-11)19-15(23)10-24-16-18-7-13(9-21)20(16)8-14(22)17-2/h3-7,21H,8-10H2,1-2H3,(H,17,22)(H,19,23). The first-order valence-electron chi connectivity index (χ1n) is 7.38. The second kappa shape index (κ2) is 8.51. The summed E-state index contributed by atoms with van der Waals surface area (Å²) in [5.41, 5.74) is 2.33. The van der Waals surface area contributed by atoms with Gasteiger partial charge in [-0.2, -0.15) is 0 Å². The van der Waals surface area contributed by atoms with Gasteiger partial charge in [-0.15, -0.1) is 0 Å². The fourth-order valence-corrected chi connectivity index (χ4v) is 2.87. The molecule has 128 valence electrons. The van der Waals surface area contributed by atoms with Crippen molar-refractivity contribution in [3.05, 3.63) is 41.7 Å². The number of hydrogen-bond acceptors (Lipinski definition) is 5. The molecule has 24 heavy (non-hydrogen) atoms. The van der Waals surface area contributed by atoms with Crippen molar-refractivity contribution in [2.45, 2.75) is 25.2 Å². The Labute approximate surface area is 144 Å². The molecule has 0 spiro atoms. The summed E-state index contributed by atoms with van der Waals surface area (Å²) in [4.78, 5) is 27.8. The predicted molar refractivity (Wildman–Crippen MR) is 92.7 cm³/mol. The van der Waals surface area contributed by atoms with Crippen molar-refractivity contribution in [2.24, 2.45) is 0 Å². The third kappa shape index (κ3) is 4.84. The number of imidazole rings is 1. The number of carbonyl (C=O) groups excluding carboxylic acids is 2. The average molecular weight is 348 g/mol. The van der Waals surface area contributed by atoms with E-state index >= 15 is 0 Å². The monoisotopic (exact) mass is 348 g/mol. The summed E-state index contributed by atoms with van der Waals surface area (Å²) >= 11 is 1.22. The van der Waals surface area contributed by atoms with E-state index in [4.69, 9.17) is 0 Å². The Kier molecular flexibility index (Phi) is 6.39. The van der Waals surface area contributed by atoms with E-state index in [0.717, 1.165) is 11.3 Å². The number of nitrogens with zero attached hydrogens (tertiary/aromatic N) is 2. The first kappa shape index (κ1) is 18.0. The lowest BCUT2D eigenvalue weighted by Crippen LogP contribution is -2.25. The van der Waals surface area contributed by atoms with Gasteiger partial charge >= 0.3 is 0 Å². The number of hydrogen-bond donors (Lipinski definition) is 3. The highest BCUT2D eigenvalue weighted by atomic mass is 32.2. The topological polar surface area (TPSA) is 96.2 Å². The number of aromatic nitrogens is 2. The Morgan fingerprint density at radius 3 is 2.79 bits per heavy atom. The lowest BCUT2D eigenvalue weighted by atomic mass is 10.2. The van der Waals surface area contributed by atoms with Gasteiger partial charge in [0, 0.05) is 12.7 Å². The molecule has 0 radical (unpaired) electrons. The number of amides is 2. The van der Waals surface area contributed by atoms with Crippen LogP contribution in [0.25, 0.3) is 0 Å². The molecular formula is C16H20N4O3S. The first-order chi connectivity index (χ1) is 11.5. The number of benzene rings is 1. The smallest absolute Gasteiger partial charge is 0.239 e. The summed E-state index contributed by atoms with van der Waals surface area (Å²) in [6.07, 6.45) is 1.50. The number of likely N-dealkylation sites (N-methyl/N-ethyl adjacent to an activating group) is 1. The van der Waals surface area contributed by atoms with Gasteiger partial charge in [0.25, 0.3) is 0 Å². The molecule has 0 aliphatic rings. The third-order valence-electron chi connectivity index (χ3n) is 3.28. The van der Waals surface area contributed by atoms with Crippen LogP contribution in [0.3, 0.4) is 0 Å². The number of rotatable bonds is 7. The SMILES string of the molecule is CNC(=O)Cn1c(CO)cnc1SCC(=O)Nc1cccc(C)c1. The molecule has 0 atom stereocenters. The quantitative estimate of drug-likeness (QED) is 0.653. The second-order valence-electron chi connectivity index (χ2n) is 5.16. The highest BCUT2D eigenvalue weighted by Gasteiger charge is 2.14. The molecule has 0 saturated carbocycles. The minimum absolute atomic E-state index is 0.0498. The molecular weight excluding hydrogens is 328 g/mol. The summed E-state index contributed by atoms with van der Waals surface area (Å²) in [6.45, 7) is 1.78. The zero-order valence-electron chi connectivity index (χ0n) is 13.6. The van der Waals surface area contributed by atoms with Crippen LogP contribution in [0.1, 0.15) is 11.3 Å². The van der Waals surface area contributed by atoms with Crippen molar-refractivity contribution in [3.63, 3.8) is 0 Å². The van der Waals surface area contributed by atoms with Crippen LogP contribution in [-0.2, 0) is 22.7 Å². The molecule has 0 bridgehead atoms. The van der Waals surface area contributed by atoms with E-state index < -0.39 is 0 Å². The van der Waals surface area contributed by atoms with E-state index in [-0.39, 0.29) is 30.7 Å². The van der Waals surface area contributed by atoms with Crippen LogP contribution in [0, 0.1) is 6.92 Å². The molecule has 2 rings (SSSR count). The highest BCUT2D eigenvalue weighted by Crippen LogP contribution is 2.19. The van der Waals surface area contributed by atoms with Gasteiger partial charge in [0.2, 0.25) is 11.8 Å². The van der Waals surface area contributed by atoms with Crippen LogP contribution in [0.5, 0.6) is 0 Å². The van der Waals surface area contributed by atoms with E-state index in [0.29, 0.717) is 10.9 Å². The van der Waals surface area contributed by atoms with Crippen LogP contribution >= 0.6 is 11.8 Å². The van der Waals surface area contributed by atoms with E-state index in [9.17, 15) is 14.7 Å². The van der Waals surface area contributed by atoms with Gasteiger partial charge in [-0.25, -0.2) is 4.98 Å². The maximum absolute atomic E-state index is 12.1. The van der Waals surface area contributed by atoms with Gasteiger partial charge in [0.1, 0.15) is 6.54 Å². The van der Waals surface area contributed by atoms with E-state index in [1.807, 2.05) is 31.2 Å². The molecule has 0 unspecified atom stereocenters. The van der Waals surface area contributed by atoms with E-state index in [2.05, 4.69) is 15.6 Å². The van der Waals surface area contributed by atoms with Gasteiger partial charge in [-0.1, -0.05) is 23.9 Å². The molecule has 7 nitrogen and oxygen atoms in total. The number of anilines is 1. The average Bonchev–Trinajstić information content (AvgIpc) is 2.94. The molecule has 1 aromatic heterocycles. The zero-order valence-corrected chi connectivity index (χ0v) is 14.4. The fourth-order valence-electron chi connectivity index (χ4n) is 2.08. The molecule has 0 aliphatic carbocycles. The molecule has 8 heteroatoms. The number of aliphatic hydroxyl groups excluding tert-OH is 1. The molecule has 1 aromatic carbocycles. The third-order valence-corrected chi connectivity index (χ3v) is 4.27. The minimum Gasteiger partial charge on any atom is -0.390 e. The second-order valence-corrected chi connectivity index (χ2v) is 6.10. The van der Waals surface area contributed by atoms with Crippen molar-refractivity contribution in [3.8, 4) is 0 Å². The summed E-state index contributed by atoms with van der Waals surface area (Å²) in [7, 11) is 1.54. The largest absolute Gasteiger partial charge is 0.390 e. The van der Waals surface area contributed by atoms with Crippen LogP contribution in [0.4, 0.5) is 5.69 Å². The zero-order chi connectivity index (χ0) is 17.5. The van der Waals surface area contributed by atoms with Crippen molar-refractivity contribution < 1.29 is 14.7 Å². The number of thioether (sulfide) groups is 1. The molecule has 3 N–H and O–H groups in total. The van der Waals surface area contributed by atoms with E-state index in [1.54, 1.807) is 11.6 Å². The minimum atomic E-state index is -0.222. The van der Waals surface area contributed by atoms with Crippen molar-refractivity contribution in [1.82, 2.24) is 14.9 Å². The van der Waals surface area contributed by atoms with Gasteiger partial charge in [0.05, 0.1) is 24.3 Å². The summed E-state index contributed by atoms with van der Waals surface area (Å²) in [5.74, 6) is -0.205. The Morgan fingerprint density at radius 1 is 1.33 bits per heavy atom. The number of aliphatic hydroxyl groups is 1. The number of aryl methyl sites for hydroxylation is 1. The Bertz CT molecular complexity index is 730. The van der Waals surface area contributed by atoms with Gasteiger partial charge in [0.15, 0.2) is 5.16 Å². The first-order valence-corrected chi connectivity index (χ1v) is 8.37. The fraction of sp³-hybridized carbons (Fsp3) is 0.312. The van der Waals surface area contributed by atoms with Gasteiger partial charge < -0.3 is 20.3 Å². The lowest BCUT2D eigenvalue weighted by molar-refractivity contribution is -0.121. The maximum Gasteiger partial charge on any atom is 0.239 e. The molecule has 2 amide bonds.